The van der Waals surface area contributed by atoms with Crippen molar-refractivity contribution in [1.82, 2.24) is 9.80 Å². The highest BCUT2D eigenvalue weighted by molar-refractivity contribution is 7.86. The molecule has 1 aliphatic rings. The van der Waals surface area contributed by atoms with Crippen molar-refractivity contribution in [3.05, 3.63) is 71.8 Å². The second-order valence-electron chi connectivity index (χ2n) is 7.76. The predicted molar refractivity (Wildman–Crippen MR) is 112 cm³/mol. The van der Waals surface area contributed by atoms with Gasteiger partial charge in [-0.05, 0) is 17.0 Å². The zero-order valence-electron chi connectivity index (χ0n) is 16.7. The summed E-state index contributed by atoms with van der Waals surface area (Å²) in [4.78, 5) is 4.70. The molecule has 0 radical (unpaired) electrons. The monoisotopic (exact) mass is 402 g/mol. The van der Waals surface area contributed by atoms with Crippen LogP contribution in [0.4, 0.5) is 0 Å². The van der Waals surface area contributed by atoms with Crippen LogP contribution in [0.25, 0.3) is 0 Å². The van der Waals surface area contributed by atoms with Gasteiger partial charge in [0.25, 0.3) is 10.1 Å². The highest BCUT2D eigenvalue weighted by Gasteiger charge is 2.29. The Hall–Kier alpha value is -1.73. The Kier molecular flexibility index (Phi) is 7.24. The third-order valence-electron chi connectivity index (χ3n) is 5.15. The van der Waals surface area contributed by atoms with Crippen molar-refractivity contribution in [3.8, 4) is 0 Å². The van der Waals surface area contributed by atoms with Gasteiger partial charge in [-0.3, -0.25) is 14.0 Å². The number of hydrogen-bond donors (Lipinski definition) is 0. The van der Waals surface area contributed by atoms with Gasteiger partial charge in [-0.15, -0.1) is 0 Å². The fourth-order valence-corrected chi connectivity index (χ4v) is 4.44. The van der Waals surface area contributed by atoms with E-state index in [2.05, 4.69) is 53.1 Å². The van der Waals surface area contributed by atoms with E-state index in [4.69, 9.17) is 4.18 Å². The van der Waals surface area contributed by atoms with E-state index in [9.17, 15) is 8.42 Å². The van der Waals surface area contributed by atoms with Crippen LogP contribution in [0, 0.1) is 5.92 Å². The van der Waals surface area contributed by atoms with Gasteiger partial charge >= 0.3 is 0 Å². The van der Waals surface area contributed by atoms with Crippen LogP contribution < -0.4 is 0 Å². The average Bonchev–Trinajstić information content (AvgIpc) is 2.65. The zero-order valence-corrected chi connectivity index (χ0v) is 17.5. The lowest BCUT2D eigenvalue weighted by atomic mass is 10.0. The van der Waals surface area contributed by atoms with E-state index in [1.807, 2.05) is 24.3 Å². The third-order valence-corrected chi connectivity index (χ3v) is 5.74. The highest BCUT2D eigenvalue weighted by Crippen LogP contribution is 2.19. The molecule has 1 aliphatic heterocycles. The molecule has 2 aromatic carbocycles. The normalized spacial score (nSPS) is 22.5. The van der Waals surface area contributed by atoms with Crippen LogP contribution in [0.3, 0.4) is 0 Å². The van der Waals surface area contributed by atoms with E-state index in [0.717, 1.165) is 39.0 Å². The fourth-order valence-electron chi connectivity index (χ4n) is 3.74. The van der Waals surface area contributed by atoms with Crippen LogP contribution in [0.1, 0.15) is 18.1 Å². The van der Waals surface area contributed by atoms with Crippen molar-refractivity contribution in [3.63, 3.8) is 0 Å². The average molecular weight is 403 g/mol. The molecule has 0 amide bonds. The first-order valence-corrected chi connectivity index (χ1v) is 11.6. The van der Waals surface area contributed by atoms with Crippen LogP contribution >= 0.6 is 0 Å². The Labute approximate surface area is 169 Å². The van der Waals surface area contributed by atoms with Crippen LogP contribution in [0.15, 0.2) is 60.7 Å². The molecule has 3 rings (SSSR count). The first kappa shape index (κ1) is 21.0. The lowest BCUT2D eigenvalue weighted by molar-refractivity contribution is 0.0431. The summed E-state index contributed by atoms with van der Waals surface area (Å²) in [6.07, 6.45) is 0.791. The minimum absolute atomic E-state index is 0.108. The number of hydrogen-bond acceptors (Lipinski definition) is 5. The Morgan fingerprint density at radius 1 is 0.857 bits per heavy atom. The molecule has 0 N–H and O–H groups in total. The third kappa shape index (κ3) is 6.71. The second kappa shape index (κ2) is 9.65. The topological polar surface area (TPSA) is 49.9 Å². The van der Waals surface area contributed by atoms with Gasteiger partial charge in [-0.25, -0.2) is 0 Å². The van der Waals surface area contributed by atoms with Gasteiger partial charge in [-0.2, -0.15) is 8.42 Å². The zero-order chi connectivity index (χ0) is 20.0. The lowest BCUT2D eigenvalue weighted by Crippen LogP contribution is -2.48. The first-order chi connectivity index (χ1) is 13.4. The smallest absolute Gasteiger partial charge is 0.264 e. The summed E-state index contributed by atoms with van der Waals surface area (Å²) in [7, 11) is -3.50. The molecule has 2 aromatic rings. The molecule has 6 heteroatoms. The fraction of sp³-hybridized carbons (Fsp3) is 0.455. The van der Waals surface area contributed by atoms with Crippen LogP contribution in [0.2, 0.25) is 0 Å². The molecule has 2 atom stereocenters. The maximum Gasteiger partial charge on any atom is 0.264 e. The van der Waals surface area contributed by atoms with E-state index in [1.165, 1.54) is 11.1 Å². The van der Waals surface area contributed by atoms with Crippen molar-refractivity contribution < 1.29 is 12.6 Å². The second-order valence-corrected chi connectivity index (χ2v) is 9.36. The Morgan fingerprint density at radius 3 is 1.79 bits per heavy atom. The molecule has 28 heavy (non-hydrogen) atoms. The van der Waals surface area contributed by atoms with E-state index >= 15 is 0 Å². The van der Waals surface area contributed by atoms with Gasteiger partial charge in [0.1, 0.15) is 0 Å². The first-order valence-electron chi connectivity index (χ1n) is 9.80. The summed E-state index contributed by atoms with van der Waals surface area (Å²) in [5, 5.41) is 0. The molecular formula is C22H30N2O3S. The molecule has 0 aromatic heterocycles. The predicted octanol–water partition coefficient (Wildman–Crippen LogP) is 2.99. The van der Waals surface area contributed by atoms with Crippen LogP contribution in [-0.2, 0) is 27.4 Å². The van der Waals surface area contributed by atoms with Gasteiger partial charge in [0.2, 0.25) is 0 Å². The molecule has 152 valence electrons. The van der Waals surface area contributed by atoms with E-state index in [-0.39, 0.29) is 12.0 Å². The summed E-state index contributed by atoms with van der Waals surface area (Å²) in [5.74, 6) is 0.108. The molecule has 0 unspecified atom stereocenters. The van der Waals surface area contributed by atoms with Gasteiger partial charge in [0.05, 0.1) is 12.4 Å². The summed E-state index contributed by atoms with van der Waals surface area (Å²) < 4.78 is 29.1. The van der Waals surface area contributed by atoms with E-state index in [0.29, 0.717) is 6.54 Å². The van der Waals surface area contributed by atoms with Crippen LogP contribution in [-0.4, -0.2) is 56.8 Å². The minimum Gasteiger partial charge on any atom is -0.297 e. The molecule has 5 nitrogen and oxygen atoms in total. The lowest BCUT2D eigenvalue weighted by Gasteiger charge is -2.37. The molecule has 1 fully saturated rings. The van der Waals surface area contributed by atoms with Gasteiger partial charge < -0.3 is 0 Å². The van der Waals surface area contributed by atoms with Crippen molar-refractivity contribution in [1.29, 1.82) is 0 Å². The summed E-state index contributed by atoms with van der Waals surface area (Å²) in [5.41, 5.74) is 2.49. The van der Waals surface area contributed by atoms with Gasteiger partial charge in [0.15, 0.2) is 0 Å². The molecule has 1 saturated heterocycles. The molecule has 0 saturated carbocycles. The van der Waals surface area contributed by atoms with Gasteiger partial charge in [0, 0.05) is 39.3 Å². The standard InChI is InChI=1S/C22H30N2O3S/c1-19-15-23(16-20-9-5-3-6-10-20)13-14-24(17-21-11-7-4-8-12-21)18-22(19)27-28(2,25)26/h3-12,19,22H,13-18H2,1-2H3/t19-,22+/m0/s1. The van der Waals surface area contributed by atoms with Crippen molar-refractivity contribution in [2.75, 3.05) is 32.4 Å². The molecular weight excluding hydrogens is 372 g/mol. The van der Waals surface area contributed by atoms with Crippen molar-refractivity contribution in [2.24, 2.45) is 5.92 Å². The maximum atomic E-state index is 11.8. The summed E-state index contributed by atoms with van der Waals surface area (Å²) >= 11 is 0. The van der Waals surface area contributed by atoms with E-state index in [1.54, 1.807) is 0 Å². The Morgan fingerprint density at radius 2 is 1.32 bits per heavy atom. The molecule has 0 bridgehead atoms. The Bertz CT molecular complexity index is 827. The SMILES string of the molecule is C[C@H]1CN(Cc2ccccc2)CCN(Cc2ccccc2)C[C@H]1OS(C)(=O)=O. The van der Waals surface area contributed by atoms with Crippen molar-refractivity contribution >= 4 is 10.1 Å². The van der Waals surface area contributed by atoms with Gasteiger partial charge in [-0.1, -0.05) is 67.6 Å². The molecule has 0 spiro atoms. The van der Waals surface area contributed by atoms with Crippen molar-refractivity contribution in [2.45, 2.75) is 26.1 Å². The largest absolute Gasteiger partial charge is 0.297 e. The quantitative estimate of drug-likeness (QED) is 0.696. The summed E-state index contributed by atoms with van der Waals surface area (Å²) in [6, 6.07) is 20.7. The molecule has 1 heterocycles. The van der Waals surface area contributed by atoms with E-state index < -0.39 is 10.1 Å². The number of rotatable bonds is 6. The summed E-state index contributed by atoms with van der Waals surface area (Å²) in [6.45, 7) is 6.97. The van der Waals surface area contributed by atoms with Crippen LogP contribution in [0.5, 0.6) is 0 Å². The number of benzene rings is 2. The highest BCUT2D eigenvalue weighted by atomic mass is 32.2. The Balaban J connectivity index is 1.76. The maximum absolute atomic E-state index is 11.8. The number of nitrogens with zero attached hydrogens (tertiary/aromatic N) is 2. The minimum atomic E-state index is -3.50. The molecule has 0 aliphatic carbocycles.